The van der Waals surface area contributed by atoms with Crippen LogP contribution in [0.25, 0.3) is 0 Å². The van der Waals surface area contributed by atoms with Crippen LogP contribution in [0.5, 0.6) is 5.75 Å². The molecule has 2 atom stereocenters. The van der Waals surface area contributed by atoms with Gasteiger partial charge in [0.15, 0.2) is 0 Å². The number of hydrogen-bond acceptors (Lipinski definition) is 5. The number of ether oxygens (including phenoxy) is 1. The lowest BCUT2D eigenvalue weighted by molar-refractivity contribution is 0.106. The maximum atomic E-state index is 10.1. The van der Waals surface area contributed by atoms with Gasteiger partial charge in [-0.1, -0.05) is 42.5 Å². The molecule has 0 bridgehead atoms. The third kappa shape index (κ3) is 6.20. The highest BCUT2D eigenvalue weighted by atomic mass is 16.5. The van der Waals surface area contributed by atoms with E-state index in [-0.39, 0.29) is 19.1 Å². The van der Waals surface area contributed by atoms with Gasteiger partial charge in [-0.3, -0.25) is 0 Å². The van der Waals surface area contributed by atoms with Crippen LogP contribution in [0.4, 0.5) is 0 Å². The number of nitrogens with one attached hydrogen (secondary N) is 1. The first kappa shape index (κ1) is 18.9. The lowest BCUT2D eigenvalue weighted by Crippen LogP contribution is -2.34. The first-order valence-corrected chi connectivity index (χ1v) is 8.41. The van der Waals surface area contributed by atoms with E-state index in [4.69, 9.17) is 10.00 Å². The Labute approximate surface area is 148 Å². The lowest BCUT2D eigenvalue weighted by atomic mass is 9.96. The molecule has 2 aromatic carbocycles. The van der Waals surface area contributed by atoms with Crippen LogP contribution >= 0.6 is 0 Å². The van der Waals surface area contributed by atoms with Gasteiger partial charge in [0, 0.05) is 19.7 Å². The fourth-order valence-electron chi connectivity index (χ4n) is 2.62. The molecule has 5 heteroatoms. The molecule has 0 radical (unpaired) electrons. The number of benzene rings is 2. The highest BCUT2D eigenvalue weighted by Crippen LogP contribution is 2.18. The zero-order chi connectivity index (χ0) is 17.9. The van der Waals surface area contributed by atoms with Crippen LogP contribution in [-0.2, 0) is 0 Å². The van der Waals surface area contributed by atoms with Gasteiger partial charge in [0.25, 0.3) is 0 Å². The van der Waals surface area contributed by atoms with Crippen molar-refractivity contribution in [1.82, 2.24) is 5.32 Å². The molecule has 0 aliphatic heterocycles. The van der Waals surface area contributed by atoms with Gasteiger partial charge in [0.1, 0.15) is 24.5 Å². The topological polar surface area (TPSA) is 85.5 Å². The molecule has 0 saturated carbocycles. The van der Waals surface area contributed by atoms with Crippen molar-refractivity contribution in [2.24, 2.45) is 0 Å². The summed E-state index contributed by atoms with van der Waals surface area (Å²) in [5.41, 5.74) is 1.62. The van der Waals surface area contributed by atoms with Crippen LogP contribution in [-0.4, -0.2) is 42.6 Å². The zero-order valence-electron chi connectivity index (χ0n) is 14.1. The van der Waals surface area contributed by atoms with E-state index >= 15 is 0 Å². The van der Waals surface area contributed by atoms with E-state index in [2.05, 4.69) is 11.4 Å². The van der Waals surface area contributed by atoms with E-state index in [0.717, 1.165) is 5.56 Å². The third-order valence-electron chi connectivity index (χ3n) is 3.96. The van der Waals surface area contributed by atoms with Crippen LogP contribution in [0.15, 0.2) is 54.6 Å². The summed E-state index contributed by atoms with van der Waals surface area (Å²) in [5, 5.41) is 31.6. The minimum Gasteiger partial charge on any atom is -0.489 e. The lowest BCUT2D eigenvalue weighted by Gasteiger charge is -2.19. The maximum Gasteiger partial charge on any atom is 0.137 e. The van der Waals surface area contributed by atoms with Gasteiger partial charge >= 0.3 is 0 Å². The van der Waals surface area contributed by atoms with Crippen molar-refractivity contribution in [1.29, 1.82) is 5.26 Å². The van der Waals surface area contributed by atoms with E-state index in [0.29, 0.717) is 30.8 Å². The van der Waals surface area contributed by atoms with Crippen molar-refractivity contribution in [2.75, 3.05) is 26.3 Å². The SMILES string of the molecule is N#Cc1ccccc1OCC(O)CNCC(CCO)c1ccccc1. The van der Waals surface area contributed by atoms with Crippen molar-refractivity contribution in [3.05, 3.63) is 65.7 Å². The summed E-state index contributed by atoms with van der Waals surface area (Å²) in [5.74, 6) is 0.671. The monoisotopic (exact) mass is 340 g/mol. The second kappa shape index (κ2) is 10.5. The summed E-state index contributed by atoms with van der Waals surface area (Å²) in [4.78, 5) is 0. The van der Waals surface area contributed by atoms with Gasteiger partial charge in [-0.15, -0.1) is 0 Å². The molecule has 0 aliphatic rings. The molecule has 0 saturated heterocycles. The third-order valence-corrected chi connectivity index (χ3v) is 3.96. The van der Waals surface area contributed by atoms with Gasteiger partial charge in [0.05, 0.1) is 5.56 Å². The standard InChI is InChI=1S/C20H24N2O3/c21-12-17-8-4-5-9-20(17)25-15-19(24)14-22-13-18(10-11-23)16-6-2-1-3-7-16/h1-9,18-19,22-24H,10-11,13-15H2. The predicted octanol–water partition coefficient (Wildman–Crippen LogP) is 2.05. The highest BCUT2D eigenvalue weighted by molar-refractivity contribution is 5.42. The van der Waals surface area contributed by atoms with Gasteiger partial charge < -0.3 is 20.3 Å². The normalized spacial score (nSPS) is 13.0. The van der Waals surface area contributed by atoms with E-state index in [1.54, 1.807) is 24.3 Å². The van der Waals surface area contributed by atoms with Crippen molar-refractivity contribution in [3.8, 4) is 11.8 Å². The molecule has 2 unspecified atom stereocenters. The molecule has 3 N–H and O–H groups in total. The summed E-state index contributed by atoms with van der Waals surface area (Å²) < 4.78 is 5.53. The molecule has 0 aliphatic carbocycles. The molecule has 2 rings (SSSR count). The maximum absolute atomic E-state index is 10.1. The molecule has 0 heterocycles. The number of nitriles is 1. The molecule has 0 aromatic heterocycles. The van der Waals surface area contributed by atoms with E-state index in [1.807, 2.05) is 30.3 Å². The van der Waals surface area contributed by atoms with Gasteiger partial charge in [-0.05, 0) is 30.0 Å². The predicted molar refractivity (Wildman–Crippen MR) is 96.4 cm³/mol. The second-order valence-electron chi connectivity index (χ2n) is 5.85. The molecule has 0 spiro atoms. The number of nitrogens with zero attached hydrogens (tertiary/aromatic N) is 1. The number of para-hydroxylation sites is 1. The number of aliphatic hydroxyl groups excluding tert-OH is 2. The number of rotatable bonds is 10. The molecule has 132 valence electrons. The summed E-state index contributed by atoms with van der Waals surface area (Å²) >= 11 is 0. The summed E-state index contributed by atoms with van der Waals surface area (Å²) in [7, 11) is 0. The minimum atomic E-state index is -0.683. The smallest absolute Gasteiger partial charge is 0.137 e. The van der Waals surface area contributed by atoms with Crippen molar-refractivity contribution in [3.63, 3.8) is 0 Å². The Balaban J connectivity index is 1.77. The average Bonchev–Trinajstić information content (AvgIpc) is 2.66. The Morgan fingerprint density at radius 3 is 2.48 bits per heavy atom. The number of hydrogen-bond donors (Lipinski definition) is 3. The molecule has 0 fully saturated rings. The fraction of sp³-hybridized carbons (Fsp3) is 0.350. The molecule has 5 nitrogen and oxygen atoms in total. The van der Waals surface area contributed by atoms with Gasteiger partial charge in [0.2, 0.25) is 0 Å². The van der Waals surface area contributed by atoms with Gasteiger partial charge in [-0.2, -0.15) is 5.26 Å². The van der Waals surface area contributed by atoms with Gasteiger partial charge in [-0.25, -0.2) is 0 Å². The van der Waals surface area contributed by atoms with Crippen molar-refractivity contribution < 1.29 is 14.9 Å². The second-order valence-corrected chi connectivity index (χ2v) is 5.85. The van der Waals surface area contributed by atoms with E-state index < -0.39 is 6.10 Å². The molecule has 2 aromatic rings. The van der Waals surface area contributed by atoms with Crippen LogP contribution in [0.3, 0.4) is 0 Å². The Morgan fingerprint density at radius 1 is 1.04 bits per heavy atom. The van der Waals surface area contributed by atoms with Crippen LogP contribution in [0, 0.1) is 11.3 Å². The van der Waals surface area contributed by atoms with Crippen molar-refractivity contribution in [2.45, 2.75) is 18.4 Å². The summed E-state index contributed by atoms with van der Waals surface area (Å²) in [6.45, 7) is 1.28. The molecular weight excluding hydrogens is 316 g/mol. The number of aliphatic hydroxyl groups is 2. The van der Waals surface area contributed by atoms with Crippen LogP contribution in [0.2, 0.25) is 0 Å². The zero-order valence-corrected chi connectivity index (χ0v) is 14.1. The molecule has 25 heavy (non-hydrogen) atoms. The Bertz CT molecular complexity index is 670. The Morgan fingerprint density at radius 2 is 1.76 bits per heavy atom. The van der Waals surface area contributed by atoms with Crippen molar-refractivity contribution >= 4 is 0 Å². The van der Waals surface area contributed by atoms with Crippen LogP contribution < -0.4 is 10.1 Å². The first-order valence-electron chi connectivity index (χ1n) is 8.41. The Hall–Kier alpha value is -2.39. The van der Waals surface area contributed by atoms with E-state index in [1.165, 1.54) is 0 Å². The minimum absolute atomic E-state index is 0.113. The Kier molecular flexibility index (Phi) is 7.93. The van der Waals surface area contributed by atoms with Crippen LogP contribution in [0.1, 0.15) is 23.5 Å². The van der Waals surface area contributed by atoms with E-state index in [9.17, 15) is 10.2 Å². The summed E-state index contributed by atoms with van der Waals surface area (Å²) in [6.07, 6.45) is -0.0172. The average molecular weight is 340 g/mol. The molecular formula is C20H24N2O3. The summed E-state index contributed by atoms with van der Waals surface area (Å²) in [6, 6.07) is 19.0. The quantitative estimate of drug-likeness (QED) is 0.616. The largest absolute Gasteiger partial charge is 0.489 e. The molecule has 0 amide bonds. The fourth-order valence-corrected chi connectivity index (χ4v) is 2.62. The highest BCUT2D eigenvalue weighted by Gasteiger charge is 2.12. The first-order chi connectivity index (χ1) is 12.2.